The number of hydrogen-bond donors (Lipinski definition) is 1. The Morgan fingerprint density at radius 3 is 2.83 bits per heavy atom. The molecule has 0 aliphatic rings. The molecule has 0 saturated carbocycles. The number of carbonyl (C=O) groups excluding carboxylic acids is 1. The lowest BCUT2D eigenvalue weighted by molar-refractivity contribution is -0.140. The summed E-state index contributed by atoms with van der Waals surface area (Å²) in [6.45, 7) is 2.73. The molecule has 100 valence electrons. The molecule has 0 aliphatic carbocycles. The Morgan fingerprint density at radius 1 is 1.39 bits per heavy atom. The number of methoxy groups -OCH3 is 1. The van der Waals surface area contributed by atoms with Gasteiger partial charge < -0.3 is 15.2 Å². The van der Waals surface area contributed by atoms with Crippen LogP contribution in [0.2, 0.25) is 0 Å². The second kappa shape index (κ2) is 7.87. The van der Waals surface area contributed by atoms with Gasteiger partial charge in [-0.15, -0.1) is 11.8 Å². The second-order valence-corrected chi connectivity index (χ2v) is 4.93. The summed E-state index contributed by atoms with van der Waals surface area (Å²) in [5.41, 5.74) is 6.47. The van der Waals surface area contributed by atoms with E-state index in [1.807, 2.05) is 12.1 Å². The largest absolute Gasteiger partial charge is 0.493 e. The lowest BCUT2D eigenvalue weighted by Gasteiger charge is -2.08. The van der Waals surface area contributed by atoms with Crippen LogP contribution in [0.3, 0.4) is 0 Å². The molecule has 0 amide bonds. The first-order valence-corrected chi connectivity index (χ1v) is 6.87. The van der Waals surface area contributed by atoms with Gasteiger partial charge in [0.15, 0.2) is 0 Å². The van der Waals surface area contributed by atoms with Crippen molar-refractivity contribution in [3.8, 4) is 5.75 Å². The van der Waals surface area contributed by atoms with Crippen LogP contribution in [0, 0.1) is 0 Å². The van der Waals surface area contributed by atoms with E-state index in [2.05, 4.69) is 11.7 Å². The monoisotopic (exact) mass is 269 g/mol. The molecule has 0 aliphatic heterocycles. The first kappa shape index (κ1) is 14.7. The van der Waals surface area contributed by atoms with Crippen LogP contribution >= 0.6 is 11.8 Å². The summed E-state index contributed by atoms with van der Waals surface area (Å²) in [6.07, 6.45) is 1.35. The molecule has 5 heteroatoms. The number of ether oxygens (including phenoxy) is 2. The number of nitrogens with two attached hydrogens (primary N) is 1. The van der Waals surface area contributed by atoms with Crippen molar-refractivity contribution in [2.24, 2.45) is 0 Å². The lowest BCUT2D eigenvalue weighted by atomic mass is 10.3. The minimum atomic E-state index is -0.200. The van der Waals surface area contributed by atoms with Crippen molar-refractivity contribution in [2.45, 2.75) is 24.7 Å². The summed E-state index contributed by atoms with van der Waals surface area (Å²) in [7, 11) is 1.39. The third-order valence-corrected chi connectivity index (χ3v) is 3.16. The SMILES string of the molecule is CCCOc1cc(N)cc(SCCC(=O)OC)c1. The molecule has 0 atom stereocenters. The molecule has 4 nitrogen and oxygen atoms in total. The number of benzene rings is 1. The smallest absolute Gasteiger partial charge is 0.306 e. The molecule has 0 unspecified atom stereocenters. The number of thioether (sulfide) groups is 1. The summed E-state index contributed by atoms with van der Waals surface area (Å²) < 4.78 is 10.1. The van der Waals surface area contributed by atoms with Crippen LogP contribution in [0.15, 0.2) is 23.1 Å². The molecule has 0 saturated heterocycles. The van der Waals surface area contributed by atoms with Gasteiger partial charge in [-0.2, -0.15) is 0 Å². The quantitative estimate of drug-likeness (QED) is 0.468. The average Bonchev–Trinajstić information content (AvgIpc) is 2.35. The molecule has 0 bridgehead atoms. The highest BCUT2D eigenvalue weighted by atomic mass is 32.2. The van der Waals surface area contributed by atoms with E-state index in [1.165, 1.54) is 7.11 Å². The van der Waals surface area contributed by atoms with Gasteiger partial charge >= 0.3 is 5.97 Å². The van der Waals surface area contributed by atoms with E-state index in [1.54, 1.807) is 17.8 Å². The van der Waals surface area contributed by atoms with Crippen LogP contribution in [0.4, 0.5) is 5.69 Å². The minimum absolute atomic E-state index is 0.200. The number of anilines is 1. The third-order valence-electron chi connectivity index (χ3n) is 2.18. The van der Waals surface area contributed by atoms with Crippen molar-refractivity contribution in [1.82, 2.24) is 0 Å². The standard InChI is InChI=1S/C13H19NO3S/c1-3-5-17-11-7-10(14)8-12(9-11)18-6-4-13(15)16-2/h7-9H,3-6,14H2,1-2H3. The van der Waals surface area contributed by atoms with E-state index >= 15 is 0 Å². The highest BCUT2D eigenvalue weighted by Gasteiger charge is 2.04. The maximum Gasteiger partial charge on any atom is 0.306 e. The zero-order valence-corrected chi connectivity index (χ0v) is 11.6. The summed E-state index contributed by atoms with van der Waals surface area (Å²) in [5, 5.41) is 0. The first-order chi connectivity index (χ1) is 8.65. The molecule has 0 radical (unpaired) electrons. The molecular weight excluding hydrogens is 250 g/mol. The van der Waals surface area contributed by atoms with Crippen molar-refractivity contribution in [1.29, 1.82) is 0 Å². The Balaban J connectivity index is 2.54. The molecule has 1 rings (SSSR count). The van der Waals surface area contributed by atoms with E-state index in [4.69, 9.17) is 10.5 Å². The molecule has 18 heavy (non-hydrogen) atoms. The summed E-state index contributed by atoms with van der Waals surface area (Å²) in [5.74, 6) is 1.25. The number of esters is 1. The summed E-state index contributed by atoms with van der Waals surface area (Å²) >= 11 is 1.57. The molecular formula is C13H19NO3S. The molecule has 1 aromatic carbocycles. The fraction of sp³-hybridized carbons (Fsp3) is 0.462. The normalized spacial score (nSPS) is 10.1. The number of hydrogen-bond acceptors (Lipinski definition) is 5. The van der Waals surface area contributed by atoms with E-state index < -0.39 is 0 Å². The molecule has 2 N–H and O–H groups in total. The molecule has 0 heterocycles. The van der Waals surface area contributed by atoms with Gasteiger partial charge in [-0.1, -0.05) is 6.92 Å². The predicted molar refractivity (Wildman–Crippen MR) is 74.0 cm³/mol. The molecule has 0 spiro atoms. The zero-order valence-electron chi connectivity index (χ0n) is 10.8. The topological polar surface area (TPSA) is 61.5 Å². The Hall–Kier alpha value is -1.36. The van der Waals surface area contributed by atoms with Gasteiger partial charge in [0.05, 0.1) is 20.1 Å². The number of rotatable bonds is 7. The first-order valence-electron chi connectivity index (χ1n) is 5.88. The molecule has 1 aromatic rings. The second-order valence-electron chi connectivity index (χ2n) is 3.76. The van der Waals surface area contributed by atoms with Crippen LogP contribution in [-0.2, 0) is 9.53 Å². The molecule has 0 fully saturated rings. The highest BCUT2D eigenvalue weighted by molar-refractivity contribution is 7.99. The maximum atomic E-state index is 11.0. The van der Waals surface area contributed by atoms with Gasteiger partial charge in [-0.05, 0) is 18.6 Å². The van der Waals surface area contributed by atoms with Gasteiger partial charge in [0.1, 0.15) is 5.75 Å². The van der Waals surface area contributed by atoms with E-state index in [9.17, 15) is 4.79 Å². The zero-order chi connectivity index (χ0) is 13.4. The molecule has 0 aromatic heterocycles. The van der Waals surface area contributed by atoms with E-state index in [-0.39, 0.29) is 5.97 Å². The van der Waals surface area contributed by atoms with E-state index in [0.29, 0.717) is 24.5 Å². The summed E-state index contributed by atoms with van der Waals surface area (Å²) in [4.78, 5) is 12.0. The average molecular weight is 269 g/mol. The van der Waals surface area contributed by atoms with Crippen LogP contribution in [0.1, 0.15) is 19.8 Å². The minimum Gasteiger partial charge on any atom is -0.493 e. The van der Waals surface area contributed by atoms with Crippen LogP contribution in [-0.4, -0.2) is 25.4 Å². The van der Waals surface area contributed by atoms with Gasteiger partial charge in [-0.25, -0.2) is 0 Å². The van der Waals surface area contributed by atoms with Gasteiger partial charge in [-0.3, -0.25) is 4.79 Å². The van der Waals surface area contributed by atoms with E-state index in [0.717, 1.165) is 17.1 Å². The third kappa shape index (κ3) is 5.31. The Bertz CT molecular complexity index is 396. The van der Waals surface area contributed by atoms with Gasteiger partial charge in [0.25, 0.3) is 0 Å². The Morgan fingerprint density at radius 2 is 2.17 bits per heavy atom. The van der Waals surface area contributed by atoms with Crippen LogP contribution < -0.4 is 10.5 Å². The highest BCUT2D eigenvalue weighted by Crippen LogP contribution is 2.27. The summed E-state index contributed by atoms with van der Waals surface area (Å²) in [6, 6.07) is 5.62. The van der Waals surface area contributed by atoms with Crippen molar-refractivity contribution < 1.29 is 14.3 Å². The fourth-order valence-corrected chi connectivity index (χ4v) is 2.26. The predicted octanol–water partition coefficient (Wildman–Crippen LogP) is 2.71. The van der Waals surface area contributed by atoms with Crippen molar-refractivity contribution in [3.63, 3.8) is 0 Å². The fourth-order valence-electron chi connectivity index (χ4n) is 1.33. The van der Waals surface area contributed by atoms with Crippen LogP contribution in [0.25, 0.3) is 0 Å². The van der Waals surface area contributed by atoms with Crippen molar-refractivity contribution in [3.05, 3.63) is 18.2 Å². The van der Waals surface area contributed by atoms with Crippen molar-refractivity contribution >= 4 is 23.4 Å². The van der Waals surface area contributed by atoms with Gasteiger partial charge in [0.2, 0.25) is 0 Å². The lowest BCUT2D eigenvalue weighted by Crippen LogP contribution is -2.01. The van der Waals surface area contributed by atoms with Gasteiger partial charge in [0, 0.05) is 22.4 Å². The Labute approximate surface area is 112 Å². The van der Waals surface area contributed by atoms with Crippen molar-refractivity contribution in [2.75, 3.05) is 25.2 Å². The Kier molecular flexibility index (Phi) is 6.43. The number of carbonyl (C=O) groups is 1. The number of nitrogen functional groups attached to an aromatic ring is 1. The maximum absolute atomic E-state index is 11.0. The van der Waals surface area contributed by atoms with Crippen LogP contribution in [0.5, 0.6) is 5.75 Å².